The number of anilines is 1. The number of ether oxygens (including phenoxy) is 2. The molecule has 2 atom stereocenters. The summed E-state index contributed by atoms with van der Waals surface area (Å²) in [6.07, 6.45) is -1.42. The maximum Gasteiger partial charge on any atom is 0.422 e. The molecule has 0 aromatic heterocycles. The average Bonchev–Trinajstić information content (AvgIpc) is 2.72. The third-order valence-electron chi connectivity index (χ3n) is 3.43. The zero-order valence-corrected chi connectivity index (χ0v) is 14.5. The van der Waals surface area contributed by atoms with E-state index in [1.807, 2.05) is 19.1 Å². The summed E-state index contributed by atoms with van der Waals surface area (Å²) in [5.74, 6) is -0.705. The van der Waals surface area contributed by atoms with Gasteiger partial charge in [0.2, 0.25) is 0 Å². The zero-order chi connectivity index (χ0) is 18.1. The van der Waals surface area contributed by atoms with Gasteiger partial charge in [0.25, 0.3) is 0 Å². The molecule has 1 aromatic carbocycles. The van der Waals surface area contributed by atoms with Crippen LogP contribution in [0.5, 0.6) is 0 Å². The van der Waals surface area contributed by atoms with Crippen LogP contribution < -0.4 is 10.2 Å². The maximum atomic E-state index is 12.1. The van der Waals surface area contributed by atoms with Crippen LogP contribution in [0.4, 0.5) is 15.3 Å². The topological polar surface area (TPSA) is 84.9 Å². The molecule has 0 bridgehead atoms. The fraction of sp³-hybridized carbons (Fsp3) is 0.471. The molecule has 0 unspecified atom stereocenters. The van der Waals surface area contributed by atoms with E-state index >= 15 is 0 Å². The summed E-state index contributed by atoms with van der Waals surface area (Å²) in [5, 5.41) is 2.58. The van der Waals surface area contributed by atoms with E-state index < -0.39 is 35.8 Å². The van der Waals surface area contributed by atoms with Gasteiger partial charge >= 0.3 is 18.2 Å². The van der Waals surface area contributed by atoms with E-state index in [0.29, 0.717) is 5.69 Å². The van der Waals surface area contributed by atoms with E-state index in [4.69, 9.17) is 9.47 Å². The Morgan fingerprint density at radius 1 is 1.25 bits per heavy atom. The van der Waals surface area contributed by atoms with Crippen LogP contribution >= 0.6 is 0 Å². The monoisotopic (exact) mass is 334 g/mol. The van der Waals surface area contributed by atoms with Gasteiger partial charge in [0, 0.05) is 5.69 Å². The molecule has 7 nitrogen and oxygen atoms in total. The van der Waals surface area contributed by atoms with Crippen LogP contribution in [0.25, 0.3) is 0 Å². The smallest absolute Gasteiger partial charge is 0.422 e. The molecule has 24 heavy (non-hydrogen) atoms. The number of cyclic esters (lactones) is 2. The Morgan fingerprint density at radius 3 is 2.38 bits per heavy atom. The number of benzene rings is 1. The lowest BCUT2D eigenvalue weighted by atomic mass is 10.1. The minimum Gasteiger partial charge on any atom is -0.444 e. The Balaban J connectivity index is 2.19. The van der Waals surface area contributed by atoms with Crippen LogP contribution in [0.15, 0.2) is 24.3 Å². The molecule has 0 aliphatic carbocycles. The van der Waals surface area contributed by atoms with Crippen molar-refractivity contribution < 1.29 is 23.9 Å². The Kier molecular flexibility index (Phi) is 4.82. The number of carbonyl (C=O) groups is 3. The predicted octanol–water partition coefficient (Wildman–Crippen LogP) is 2.76. The van der Waals surface area contributed by atoms with E-state index in [-0.39, 0.29) is 0 Å². The molecule has 1 aliphatic heterocycles. The molecule has 1 fully saturated rings. The molecule has 0 saturated carbocycles. The fourth-order valence-corrected chi connectivity index (χ4v) is 2.39. The molecule has 0 spiro atoms. The van der Waals surface area contributed by atoms with Crippen molar-refractivity contribution in [2.24, 2.45) is 0 Å². The van der Waals surface area contributed by atoms with Crippen molar-refractivity contribution in [2.75, 3.05) is 4.90 Å². The van der Waals surface area contributed by atoms with Crippen LogP contribution in [0.2, 0.25) is 0 Å². The molecule has 2 amide bonds. The summed E-state index contributed by atoms with van der Waals surface area (Å²) in [6, 6.07) is 5.47. The lowest BCUT2D eigenvalue weighted by Crippen LogP contribution is -2.52. The highest BCUT2D eigenvalue weighted by molar-refractivity contribution is 6.07. The first-order chi connectivity index (χ1) is 11.1. The Labute approximate surface area is 140 Å². The molecule has 2 rings (SSSR count). The highest BCUT2D eigenvalue weighted by Crippen LogP contribution is 2.26. The van der Waals surface area contributed by atoms with Crippen molar-refractivity contribution in [3.63, 3.8) is 0 Å². The number of amides is 2. The van der Waals surface area contributed by atoms with E-state index in [0.717, 1.165) is 5.56 Å². The first kappa shape index (κ1) is 17.8. The van der Waals surface area contributed by atoms with E-state index in [1.165, 1.54) is 4.90 Å². The number of aryl methyl sites for hydroxylation is 1. The molecule has 1 N–H and O–H groups in total. The van der Waals surface area contributed by atoms with Crippen molar-refractivity contribution in [1.82, 2.24) is 5.32 Å². The largest absolute Gasteiger partial charge is 0.444 e. The summed E-state index contributed by atoms with van der Waals surface area (Å²) in [4.78, 5) is 37.3. The highest BCUT2D eigenvalue weighted by atomic mass is 16.6. The minimum atomic E-state index is -0.951. The highest BCUT2D eigenvalue weighted by Gasteiger charge is 2.46. The third-order valence-corrected chi connectivity index (χ3v) is 3.43. The molecule has 0 radical (unpaired) electrons. The Morgan fingerprint density at radius 2 is 1.83 bits per heavy atom. The van der Waals surface area contributed by atoms with Crippen molar-refractivity contribution in [2.45, 2.75) is 52.3 Å². The van der Waals surface area contributed by atoms with Crippen LogP contribution in [0.1, 0.15) is 33.3 Å². The van der Waals surface area contributed by atoms with Gasteiger partial charge in [-0.3, -0.25) is 4.90 Å². The minimum absolute atomic E-state index is 0.527. The van der Waals surface area contributed by atoms with Gasteiger partial charge in [-0.05, 0) is 46.8 Å². The summed E-state index contributed by atoms with van der Waals surface area (Å²) in [6.45, 7) is 8.76. The molecule has 1 heterocycles. The molecule has 1 aliphatic rings. The van der Waals surface area contributed by atoms with Crippen molar-refractivity contribution in [3.8, 4) is 0 Å². The number of carbonyl (C=O) groups excluding carboxylic acids is 3. The lowest BCUT2D eigenvalue weighted by Gasteiger charge is -2.27. The number of hydrogen-bond donors (Lipinski definition) is 1. The van der Waals surface area contributed by atoms with Gasteiger partial charge in [0.1, 0.15) is 5.60 Å². The standard InChI is InChI=1S/C17H22N2O5/c1-10-6-8-12(9-7-10)19-13(14(20)23-16(19)22)11(2)18-15(21)24-17(3,4)5/h6-9,11,13H,1-5H3,(H,18,21)/t11-,13+/m0/s1. The van der Waals surface area contributed by atoms with E-state index in [1.54, 1.807) is 39.8 Å². The van der Waals surface area contributed by atoms with Crippen LogP contribution in [-0.4, -0.2) is 35.8 Å². The SMILES string of the molecule is Cc1ccc(N2C(=O)OC(=O)[C@H]2[C@H](C)NC(=O)OC(C)(C)C)cc1. The molecule has 130 valence electrons. The number of hydrogen-bond acceptors (Lipinski definition) is 5. The second-order valence-electron chi connectivity index (χ2n) is 6.77. The van der Waals surface area contributed by atoms with Gasteiger partial charge < -0.3 is 14.8 Å². The Hall–Kier alpha value is -2.57. The van der Waals surface area contributed by atoms with Gasteiger partial charge in [-0.15, -0.1) is 0 Å². The van der Waals surface area contributed by atoms with Gasteiger partial charge in [-0.25, -0.2) is 14.4 Å². The van der Waals surface area contributed by atoms with E-state index in [9.17, 15) is 14.4 Å². The van der Waals surface area contributed by atoms with Crippen molar-refractivity contribution >= 4 is 23.8 Å². The van der Waals surface area contributed by atoms with Crippen LogP contribution in [0, 0.1) is 6.92 Å². The Bertz CT molecular complexity index is 648. The zero-order valence-electron chi connectivity index (χ0n) is 14.5. The first-order valence-corrected chi connectivity index (χ1v) is 7.69. The normalized spacial score (nSPS) is 19.0. The number of nitrogens with one attached hydrogen (secondary N) is 1. The van der Waals surface area contributed by atoms with Crippen molar-refractivity contribution in [3.05, 3.63) is 29.8 Å². The fourth-order valence-electron chi connectivity index (χ4n) is 2.39. The molecule has 1 aromatic rings. The summed E-state index contributed by atoms with van der Waals surface area (Å²) in [7, 11) is 0. The van der Waals surface area contributed by atoms with Crippen LogP contribution in [0.3, 0.4) is 0 Å². The molecule has 7 heteroatoms. The van der Waals surface area contributed by atoms with Gasteiger partial charge in [-0.1, -0.05) is 17.7 Å². The number of alkyl carbamates (subject to hydrolysis) is 1. The second-order valence-corrected chi connectivity index (χ2v) is 6.77. The predicted molar refractivity (Wildman–Crippen MR) is 87.8 cm³/mol. The lowest BCUT2D eigenvalue weighted by molar-refractivity contribution is -0.135. The molecule has 1 saturated heterocycles. The summed E-state index contributed by atoms with van der Waals surface area (Å²) >= 11 is 0. The van der Waals surface area contributed by atoms with E-state index in [2.05, 4.69) is 5.32 Å². The first-order valence-electron chi connectivity index (χ1n) is 7.69. The number of rotatable bonds is 3. The maximum absolute atomic E-state index is 12.1. The van der Waals surface area contributed by atoms with Gasteiger partial charge in [-0.2, -0.15) is 0 Å². The average molecular weight is 334 g/mol. The number of nitrogens with zero attached hydrogens (tertiary/aromatic N) is 1. The molecular formula is C17H22N2O5. The third kappa shape index (κ3) is 4.04. The quantitative estimate of drug-likeness (QED) is 0.678. The van der Waals surface area contributed by atoms with Gasteiger partial charge in [0.05, 0.1) is 6.04 Å². The van der Waals surface area contributed by atoms with Gasteiger partial charge in [0.15, 0.2) is 6.04 Å². The summed E-state index contributed by atoms with van der Waals surface area (Å²) in [5.41, 5.74) is 0.889. The molecular weight excluding hydrogens is 312 g/mol. The van der Waals surface area contributed by atoms with Crippen LogP contribution in [-0.2, 0) is 14.3 Å². The summed E-state index contributed by atoms with van der Waals surface area (Å²) < 4.78 is 9.91. The second kappa shape index (κ2) is 6.51. The van der Waals surface area contributed by atoms with Crippen molar-refractivity contribution in [1.29, 1.82) is 0 Å². The number of esters is 1.